The normalized spacial score (nSPS) is 11.6. The van der Waals surface area contributed by atoms with Crippen LogP contribution >= 0.6 is 0 Å². The highest BCUT2D eigenvalue weighted by molar-refractivity contribution is 5.76. The van der Waals surface area contributed by atoms with E-state index in [1.165, 1.54) is 14.2 Å². The lowest BCUT2D eigenvalue weighted by atomic mass is 10.2. The number of anilines is 1. The van der Waals surface area contributed by atoms with Gasteiger partial charge in [0.1, 0.15) is 0 Å². The smallest absolute Gasteiger partial charge is 0.324 e. The molecule has 0 spiro atoms. The van der Waals surface area contributed by atoms with Gasteiger partial charge in [0.2, 0.25) is 11.9 Å². The maximum atomic E-state index is 11.6. The van der Waals surface area contributed by atoms with Gasteiger partial charge in [0.05, 0.1) is 14.2 Å². The second-order valence-electron chi connectivity index (χ2n) is 4.19. The van der Waals surface area contributed by atoms with Crippen molar-refractivity contribution in [3.8, 4) is 12.0 Å². The number of nitrogens with zero attached hydrogens (tertiary/aromatic N) is 3. The molecule has 0 radical (unpaired) electrons. The molecule has 8 nitrogen and oxygen atoms in total. The predicted molar refractivity (Wildman–Crippen MR) is 73.9 cm³/mol. The van der Waals surface area contributed by atoms with E-state index < -0.39 is 0 Å². The lowest BCUT2D eigenvalue weighted by Crippen LogP contribution is -2.33. The zero-order valence-electron chi connectivity index (χ0n) is 12.3. The Morgan fingerprint density at radius 3 is 2.30 bits per heavy atom. The first-order valence-corrected chi connectivity index (χ1v) is 6.46. The van der Waals surface area contributed by atoms with Crippen LogP contribution in [0.2, 0.25) is 0 Å². The minimum Gasteiger partial charge on any atom is -0.467 e. The van der Waals surface area contributed by atoms with Gasteiger partial charge in [-0.15, -0.1) is 4.98 Å². The van der Waals surface area contributed by atoms with Crippen molar-refractivity contribution in [3.05, 3.63) is 0 Å². The van der Waals surface area contributed by atoms with Crippen molar-refractivity contribution < 1.29 is 14.3 Å². The van der Waals surface area contributed by atoms with E-state index in [1.54, 1.807) is 0 Å². The Labute approximate surface area is 118 Å². The molecule has 0 aromatic carbocycles. The van der Waals surface area contributed by atoms with Gasteiger partial charge in [0.25, 0.3) is 0 Å². The molecule has 1 rings (SSSR count). The summed E-state index contributed by atoms with van der Waals surface area (Å²) in [7, 11) is 2.91. The van der Waals surface area contributed by atoms with Gasteiger partial charge >= 0.3 is 12.0 Å². The molecular formula is C12H21N5O3. The largest absolute Gasteiger partial charge is 0.467 e. The number of carbonyl (C=O) groups excluding carboxylic acids is 1. The average molecular weight is 283 g/mol. The molecule has 2 N–H and O–H groups in total. The topological polar surface area (TPSA) is 98.3 Å². The number of hydrogen-bond acceptors (Lipinski definition) is 7. The van der Waals surface area contributed by atoms with Crippen LogP contribution in [0.25, 0.3) is 0 Å². The van der Waals surface area contributed by atoms with E-state index in [4.69, 9.17) is 9.47 Å². The third kappa shape index (κ3) is 5.25. The Bertz CT molecular complexity index is 419. The van der Waals surface area contributed by atoms with Crippen LogP contribution in [-0.2, 0) is 4.79 Å². The van der Waals surface area contributed by atoms with Gasteiger partial charge in [0, 0.05) is 19.0 Å². The van der Waals surface area contributed by atoms with Crippen molar-refractivity contribution in [2.24, 2.45) is 0 Å². The van der Waals surface area contributed by atoms with Crippen molar-refractivity contribution in [1.29, 1.82) is 0 Å². The van der Waals surface area contributed by atoms with Gasteiger partial charge in [0.15, 0.2) is 0 Å². The predicted octanol–water partition coefficient (Wildman–Crippen LogP) is 0.605. The van der Waals surface area contributed by atoms with E-state index in [0.717, 1.165) is 6.42 Å². The van der Waals surface area contributed by atoms with Crippen molar-refractivity contribution >= 4 is 11.9 Å². The average Bonchev–Trinajstić information content (AvgIpc) is 2.46. The van der Waals surface area contributed by atoms with Gasteiger partial charge in [-0.05, 0) is 13.3 Å². The van der Waals surface area contributed by atoms with Gasteiger partial charge < -0.3 is 20.1 Å². The van der Waals surface area contributed by atoms with Crippen LogP contribution in [0.5, 0.6) is 12.0 Å². The first kappa shape index (κ1) is 15.9. The summed E-state index contributed by atoms with van der Waals surface area (Å²) in [4.78, 5) is 23.5. The molecule has 0 saturated heterocycles. The zero-order valence-corrected chi connectivity index (χ0v) is 12.3. The lowest BCUT2D eigenvalue weighted by Gasteiger charge is -2.11. The van der Waals surface area contributed by atoms with Crippen LogP contribution in [-0.4, -0.2) is 47.7 Å². The van der Waals surface area contributed by atoms with Gasteiger partial charge in [-0.3, -0.25) is 4.79 Å². The maximum Gasteiger partial charge on any atom is 0.324 e. The lowest BCUT2D eigenvalue weighted by molar-refractivity contribution is -0.121. The highest BCUT2D eigenvalue weighted by Gasteiger charge is 2.08. The van der Waals surface area contributed by atoms with Crippen molar-refractivity contribution in [2.45, 2.75) is 32.7 Å². The number of methoxy groups -OCH3 is 2. The van der Waals surface area contributed by atoms with E-state index >= 15 is 0 Å². The van der Waals surface area contributed by atoms with Gasteiger partial charge in [-0.1, -0.05) is 6.92 Å². The fourth-order valence-corrected chi connectivity index (χ4v) is 1.34. The summed E-state index contributed by atoms with van der Waals surface area (Å²) in [6, 6.07) is 0.492. The summed E-state index contributed by atoms with van der Waals surface area (Å²) < 4.78 is 9.86. The van der Waals surface area contributed by atoms with Gasteiger partial charge in [-0.2, -0.15) is 9.97 Å². The summed E-state index contributed by atoms with van der Waals surface area (Å²) in [6.45, 7) is 4.40. The molecule has 1 unspecified atom stereocenters. The minimum absolute atomic E-state index is 0.0140. The van der Waals surface area contributed by atoms with E-state index in [0.29, 0.717) is 18.9 Å². The minimum atomic E-state index is -0.0140. The molecule has 1 aromatic heterocycles. The number of hydrogen-bond donors (Lipinski definition) is 2. The van der Waals surface area contributed by atoms with E-state index in [1.807, 2.05) is 13.8 Å². The Balaban J connectivity index is 2.47. The van der Waals surface area contributed by atoms with Crippen LogP contribution in [0.3, 0.4) is 0 Å². The fourth-order valence-electron chi connectivity index (χ4n) is 1.34. The Morgan fingerprint density at radius 2 is 1.80 bits per heavy atom. The van der Waals surface area contributed by atoms with Crippen LogP contribution in [0.15, 0.2) is 0 Å². The Kier molecular flexibility index (Phi) is 6.48. The molecule has 1 heterocycles. The second kappa shape index (κ2) is 8.13. The number of carbonyl (C=O) groups is 1. The first-order valence-electron chi connectivity index (χ1n) is 6.46. The molecule has 0 saturated carbocycles. The van der Waals surface area contributed by atoms with E-state index in [9.17, 15) is 4.79 Å². The summed E-state index contributed by atoms with van der Waals surface area (Å²) in [5.41, 5.74) is 0. The van der Waals surface area contributed by atoms with Crippen LogP contribution in [0.1, 0.15) is 26.7 Å². The SMILES string of the molecule is CCC(C)NC(=O)CCNc1nc(OC)nc(OC)n1. The summed E-state index contributed by atoms with van der Waals surface area (Å²) >= 11 is 0. The molecule has 0 bridgehead atoms. The number of amides is 1. The highest BCUT2D eigenvalue weighted by Crippen LogP contribution is 2.11. The fraction of sp³-hybridized carbons (Fsp3) is 0.667. The second-order valence-corrected chi connectivity index (χ2v) is 4.19. The molecule has 0 aliphatic carbocycles. The number of ether oxygens (including phenoxy) is 2. The van der Waals surface area contributed by atoms with Crippen LogP contribution < -0.4 is 20.1 Å². The summed E-state index contributed by atoms with van der Waals surface area (Å²) in [5, 5.41) is 5.81. The van der Waals surface area contributed by atoms with Crippen molar-refractivity contribution in [2.75, 3.05) is 26.1 Å². The molecule has 20 heavy (non-hydrogen) atoms. The van der Waals surface area contributed by atoms with E-state index in [-0.39, 0.29) is 24.0 Å². The molecule has 0 fully saturated rings. The van der Waals surface area contributed by atoms with Gasteiger partial charge in [-0.25, -0.2) is 0 Å². The zero-order chi connectivity index (χ0) is 15.0. The molecule has 1 amide bonds. The van der Waals surface area contributed by atoms with E-state index in [2.05, 4.69) is 25.6 Å². The Morgan fingerprint density at radius 1 is 1.20 bits per heavy atom. The molecule has 8 heteroatoms. The molecule has 112 valence electrons. The van der Waals surface area contributed by atoms with Crippen molar-refractivity contribution in [3.63, 3.8) is 0 Å². The third-order valence-corrected chi connectivity index (χ3v) is 2.61. The summed E-state index contributed by atoms with van der Waals surface area (Å²) in [6.07, 6.45) is 1.24. The Hall–Kier alpha value is -2.12. The maximum absolute atomic E-state index is 11.6. The first-order chi connectivity index (χ1) is 9.58. The van der Waals surface area contributed by atoms with Crippen LogP contribution in [0.4, 0.5) is 5.95 Å². The standard InChI is InChI=1S/C12H21N5O3/c1-5-8(2)14-9(18)6-7-13-10-15-11(19-3)17-12(16-10)20-4/h8H,5-7H2,1-4H3,(H,14,18)(H,13,15,16,17). The number of rotatable bonds is 8. The quantitative estimate of drug-likeness (QED) is 0.721. The number of nitrogens with one attached hydrogen (secondary N) is 2. The third-order valence-electron chi connectivity index (χ3n) is 2.61. The molecule has 1 aromatic rings. The van der Waals surface area contributed by atoms with Crippen LogP contribution in [0, 0.1) is 0 Å². The molecule has 0 aliphatic rings. The molecule has 1 atom stereocenters. The monoisotopic (exact) mass is 283 g/mol. The summed E-state index contributed by atoms with van der Waals surface area (Å²) in [5.74, 6) is 0.296. The highest BCUT2D eigenvalue weighted by atomic mass is 16.5. The number of aromatic nitrogens is 3. The van der Waals surface area contributed by atoms with Crippen molar-refractivity contribution in [1.82, 2.24) is 20.3 Å². The molecule has 0 aliphatic heterocycles. The molecular weight excluding hydrogens is 262 g/mol.